The number of carbonyl (C=O) groups excluding carboxylic acids is 1. The number of hydrogen-bond acceptors (Lipinski definition) is 3. The van der Waals surface area contributed by atoms with Gasteiger partial charge in [-0.3, -0.25) is 4.79 Å². The van der Waals surface area contributed by atoms with Crippen molar-refractivity contribution in [3.63, 3.8) is 0 Å². The number of fused-ring (bicyclic) bond motifs is 1. The minimum atomic E-state index is -5.10. The van der Waals surface area contributed by atoms with Crippen molar-refractivity contribution < 1.29 is 44.3 Å². The molecule has 0 aliphatic carbocycles. The van der Waals surface area contributed by atoms with Gasteiger partial charge in [0.05, 0.1) is 34.5 Å². The van der Waals surface area contributed by atoms with Crippen molar-refractivity contribution in [1.82, 2.24) is 14.9 Å². The van der Waals surface area contributed by atoms with Crippen LogP contribution in [0.4, 0.5) is 50.0 Å². The van der Waals surface area contributed by atoms with Crippen molar-refractivity contribution >= 4 is 11.7 Å². The molecule has 0 spiro atoms. The van der Waals surface area contributed by atoms with E-state index in [9.17, 15) is 49.1 Å². The lowest BCUT2D eigenvalue weighted by molar-refractivity contribution is -0.143. The number of carbonyl (C=O) groups is 1. The molecule has 1 aromatic heterocycles. The van der Waals surface area contributed by atoms with Crippen LogP contribution in [0.5, 0.6) is 0 Å². The monoisotopic (exact) mass is 564 g/mol. The first-order chi connectivity index (χ1) is 18.0. The van der Waals surface area contributed by atoms with Gasteiger partial charge >= 0.3 is 24.6 Å². The second-order valence-electron chi connectivity index (χ2n) is 8.71. The summed E-state index contributed by atoms with van der Waals surface area (Å²) in [5, 5.41) is 2.01. The number of alkyl halides is 9. The number of H-pyrrole nitrogens is 1. The highest BCUT2D eigenvalue weighted by atomic mass is 19.4. The number of hydrogen-bond donors (Lipinski definition) is 2. The van der Waals surface area contributed by atoms with Crippen LogP contribution >= 0.6 is 0 Å². The van der Waals surface area contributed by atoms with Crippen LogP contribution in [0.2, 0.25) is 0 Å². The predicted octanol–water partition coefficient (Wildman–Crippen LogP) is 6.01. The van der Waals surface area contributed by atoms with Crippen LogP contribution in [0.3, 0.4) is 0 Å². The van der Waals surface area contributed by atoms with E-state index >= 15 is 0 Å². The molecule has 2 heterocycles. The number of aromatic amines is 1. The third-order valence-corrected chi connectivity index (χ3v) is 5.87. The van der Waals surface area contributed by atoms with E-state index in [0.29, 0.717) is 12.1 Å². The molecule has 2 amide bonds. The van der Waals surface area contributed by atoms with Crippen molar-refractivity contribution in [2.45, 2.75) is 37.9 Å². The molecular formula is C24H17F9N4O2. The smallest absolute Gasteiger partial charge is 0.320 e. The van der Waals surface area contributed by atoms with Gasteiger partial charge in [0.25, 0.3) is 5.56 Å². The third-order valence-electron chi connectivity index (χ3n) is 5.87. The summed E-state index contributed by atoms with van der Waals surface area (Å²) in [5.41, 5.74) is -4.97. The molecular weight excluding hydrogens is 547 g/mol. The molecule has 0 radical (unpaired) electrons. The van der Waals surface area contributed by atoms with Crippen LogP contribution in [0, 0.1) is 0 Å². The molecule has 1 aliphatic rings. The Balaban J connectivity index is 1.52. The number of amides is 2. The van der Waals surface area contributed by atoms with Gasteiger partial charge in [-0.15, -0.1) is 0 Å². The van der Waals surface area contributed by atoms with E-state index in [1.54, 1.807) is 0 Å². The Kier molecular flexibility index (Phi) is 7.12. The topological polar surface area (TPSA) is 78.1 Å². The van der Waals surface area contributed by atoms with Crippen LogP contribution in [-0.2, 0) is 37.9 Å². The Morgan fingerprint density at radius 2 is 1.51 bits per heavy atom. The van der Waals surface area contributed by atoms with E-state index in [2.05, 4.69) is 9.97 Å². The van der Waals surface area contributed by atoms with Crippen molar-refractivity contribution in [2.75, 3.05) is 11.9 Å². The minimum absolute atomic E-state index is 0.0126. The van der Waals surface area contributed by atoms with Gasteiger partial charge in [-0.25, -0.2) is 9.78 Å². The molecule has 2 N–H and O–H groups in total. The van der Waals surface area contributed by atoms with Crippen molar-refractivity contribution in [2.24, 2.45) is 0 Å². The van der Waals surface area contributed by atoms with Crippen molar-refractivity contribution in [3.05, 3.63) is 92.2 Å². The van der Waals surface area contributed by atoms with Gasteiger partial charge in [0.1, 0.15) is 5.82 Å². The molecule has 208 valence electrons. The van der Waals surface area contributed by atoms with Crippen molar-refractivity contribution in [3.8, 4) is 0 Å². The first kappa shape index (κ1) is 28.0. The number of nitrogens with zero attached hydrogens (tertiary/aromatic N) is 2. The Morgan fingerprint density at radius 3 is 2.10 bits per heavy atom. The van der Waals surface area contributed by atoms with Gasteiger partial charge in [0.2, 0.25) is 0 Å². The molecule has 3 aromatic rings. The summed E-state index contributed by atoms with van der Waals surface area (Å²) in [6.07, 6.45) is -14.9. The van der Waals surface area contributed by atoms with Gasteiger partial charge in [-0.05, 0) is 29.8 Å². The average Bonchev–Trinajstić information content (AvgIpc) is 2.82. The van der Waals surface area contributed by atoms with E-state index < -0.39 is 52.5 Å². The maximum Gasteiger partial charge on any atom is 0.416 e. The summed E-state index contributed by atoms with van der Waals surface area (Å²) >= 11 is 0. The number of urea groups is 1. The molecule has 2 aromatic carbocycles. The minimum Gasteiger partial charge on any atom is -0.320 e. The largest absolute Gasteiger partial charge is 0.416 e. The lowest BCUT2D eigenvalue weighted by Gasteiger charge is -2.28. The Bertz CT molecular complexity index is 1430. The molecule has 0 fully saturated rings. The molecule has 15 heteroatoms. The van der Waals surface area contributed by atoms with Crippen LogP contribution in [-0.4, -0.2) is 27.4 Å². The van der Waals surface area contributed by atoms with Crippen LogP contribution < -0.4 is 10.9 Å². The predicted molar refractivity (Wildman–Crippen MR) is 119 cm³/mol. The molecule has 6 nitrogen and oxygen atoms in total. The lowest BCUT2D eigenvalue weighted by atomic mass is 10.1. The van der Waals surface area contributed by atoms with Gasteiger partial charge < -0.3 is 15.2 Å². The van der Waals surface area contributed by atoms with Gasteiger partial charge in [-0.2, -0.15) is 39.5 Å². The number of aromatic nitrogens is 2. The molecule has 39 heavy (non-hydrogen) atoms. The zero-order chi connectivity index (χ0) is 28.8. The number of nitrogens with one attached hydrogen (secondary N) is 2. The van der Waals surface area contributed by atoms with Crippen LogP contribution in [0.25, 0.3) is 0 Å². The van der Waals surface area contributed by atoms with E-state index in [1.165, 1.54) is 12.1 Å². The first-order valence-electron chi connectivity index (χ1n) is 11.1. The summed E-state index contributed by atoms with van der Waals surface area (Å²) in [7, 11) is 0. The number of rotatable bonds is 3. The Morgan fingerprint density at radius 1 is 0.897 bits per heavy atom. The SMILES string of the molecule is O=C(Nc1cc(C(F)(F)F)cc(C(F)(F)F)c1)N1CCc2nc(Cc3cccc(C(F)(F)F)c3)[nH]c(=O)c2C1. The van der Waals surface area contributed by atoms with E-state index in [4.69, 9.17) is 0 Å². The number of anilines is 1. The van der Waals surface area contributed by atoms with Crippen LogP contribution in [0.1, 0.15) is 39.3 Å². The summed E-state index contributed by atoms with van der Waals surface area (Å²) in [5.74, 6) is 0.0830. The zero-order valence-corrected chi connectivity index (χ0v) is 19.5. The molecule has 1 aliphatic heterocycles. The zero-order valence-electron chi connectivity index (χ0n) is 19.5. The molecule has 4 rings (SSSR count). The Hall–Kier alpha value is -4.04. The van der Waals surface area contributed by atoms with Gasteiger partial charge in [-0.1, -0.05) is 18.2 Å². The molecule has 0 unspecified atom stereocenters. The average molecular weight is 564 g/mol. The van der Waals surface area contributed by atoms with E-state index in [1.807, 2.05) is 5.32 Å². The van der Waals surface area contributed by atoms with E-state index in [0.717, 1.165) is 17.0 Å². The highest BCUT2D eigenvalue weighted by molar-refractivity contribution is 5.89. The normalized spacial score (nSPS) is 14.2. The van der Waals surface area contributed by atoms with E-state index in [-0.39, 0.29) is 54.6 Å². The fraction of sp³-hybridized carbons (Fsp3) is 0.292. The molecule has 0 saturated carbocycles. The fourth-order valence-corrected chi connectivity index (χ4v) is 4.01. The highest BCUT2D eigenvalue weighted by Crippen LogP contribution is 2.37. The lowest BCUT2D eigenvalue weighted by Crippen LogP contribution is -2.42. The molecule has 0 atom stereocenters. The Labute approximate surface area is 213 Å². The van der Waals surface area contributed by atoms with Crippen LogP contribution in [0.15, 0.2) is 47.3 Å². The number of halogens is 9. The third kappa shape index (κ3) is 6.52. The van der Waals surface area contributed by atoms with Gasteiger partial charge in [0.15, 0.2) is 0 Å². The summed E-state index contributed by atoms with van der Waals surface area (Å²) < 4.78 is 117. The quantitative estimate of drug-likeness (QED) is 0.383. The molecule has 0 saturated heterocycles. The standard InChI is InChI=1S/C24H17F9N4O2/c25-22(26,27)13-3-1-2-12(6-13)7-19-35-18-4-5-37(11-17(18)20(38)36-19)21(39)34-16-9-14(23(28,29)30)8-15(10-16)24(31,32)33/h1-3,6,8-10H,4-5,7,11H2,(H,34,39)(H,35,36,38). The highest BCUT2D eigenvalue weighted by Gasteiger charge is 2.37. The second-order valence-corrected chi connectivity index (χ2v) is 8.71. The summed E-state index contributed by atoms with van der Waals surface area (Å²) in [6, 6.07) is 4.07. The maximum atomic E-state index is 13.1. The second kappa shape index (κ2) is 9.93. The maximum absolute atomic E-state index is 13.1. The fourth-order valence-electron chi connectivity index (χ4n) is 4.01. The summed E-state index contributed by atoms with van der Waals surface area (Å²) in [6.45, 7) is -0.429. The van der Waals surface area contributed by atoms with Crippen molar-refractivity contribution in [1.29, 1.82) is 0 Å². The molecule has 0 bridgehead atoms. The first-order valence-corrected chi connectivity index (χ1v) is 11.1. The number of benzene rings is 2. The van der Waals surface area contributed by atoms with Gasteiger partial charge in [0, 0.05) is 25.1 Å². The summed E-state index contributed by atoms with van der Waals surface area (Å²) in [4.78, 5) is 33.0.